The Morgan fingerprint density at radius 3 is 2.19 bits per heavy atom. The fourth-order valence-corrected chi connectivity index (χ4v) is 4.18. The van der Waals surface area contributed by atoms with Gasteiger partial charge in [-0.05, 0) is 41.8 Å². The minimum Gasteiger partial charge on any atom is -0.493 e. The average molecular weight is 498 g/mol. The maximum atomic E-state index is 13.0. The van der Waals surface area contributed by atoms with Crippen LogP contribution in [-0.2, 0) is 16.0 Å². The molecule has 1 aliphatic heterocycles. The van der Waals surface area contributed by atoms with Gasteiger partial charge in [0.2, 0.25) is 17.6 Å². The Morgan fingerprint density at radius 1 is 1.00 bits per heavy atom. The number of nitrogens with one attached hydrogen (secondary N) is 1. The van der Waals surface area contributed by atoms with E-state index in [4.69, 9.17) is 23.7 Å². The number of hydrogen-bond donors (Lipinski definition) is 1. The summed E-state index contributed by atoms with van der Waals surface area (Å²) < 4.78 is 26.6. The van der Waals surface area contributed by atoms with E-state index in [0.717, 1.165) is 5.56 Å². The average Bonchev–Trinajstić information content (AvgIpc) is 3.29. The van der Waals surface area contributed by atoms with Crippen LogP contribution in [0.2, 0.25) is 0 Å². The molecule has 1 heterocycles. The Balaban J connectivity index is 1.65. The molecule has 10 nitrogen and oxygen atoms in total. The number of nitrogens with zero attached hydrogens (tertiary/aromatic N) is 2. The molecule has 2 aromatic carbocycles. The lowest BCUT2D eigenvalue weighted by molar-refractivity contribution is -0.129. The molecule has 2 unspecified atom stereocenters. The number of benzene rings is 2. The monoisotopic (exact) mass is 497 g/mol. The van der Waals surface area contributed by atoms with Crippen LogP contribution in [0.4, 0.5) is 0 Å². The van der Waals surface area contributed by atoms with Gasteiger partial charge in [-0.25, -0.2) is 0 Å². The van der Waals surface area contributed by atoms with Crippen molar-refractivity contribution in [1.29, 1.82) is 5.26 Å². The molecule has 3 rings (SSSR count). The third kappa shape index (κ3) is 5.74. The van der Waals surface area contributed by atoms with Crippen molar-refractivity contribution in [1.82, 2.24) is 10.2 Å². The van der Waals surface area contributed by atoms with Gasteiger partial charge in [-0.2, -0.15) is 5.26 Å². The van der Waals surface area contributed by atoms with Gasteiger partial charge >= 0.3 is 0 Å². The highest BCUT2D eigenvalue weighted by Gasteiger charge is 2.35. The first-order chi connectivity index (χ1) is 17.4. The Bertz CT molecular complexity index is 1120. The fraction of sp³-hybridized carbons (Fsp3) is 0.423. The molecule has 1 saturated heterocycles. The summed E-state index contributed by atoms with van der Waals surface area (Å²) in [6.07, 6.45) is 0.692. The molecule has 36 heavy (non-hydrogen) atoms. The van der Waals surface area contributed by atoms with Crippen LogP contribution in [-0.4, -0.2) is 65.4 Å². The Hall–Kier alpha value is -4.13. The van der Waals surface area contributed by atoms with Gasteiger partial charge in [-0.15, -0.1) is 0 Å². The molecule has 192 valence electrons. The van der Waals surface area contributed by atoms with Crippen LogP contribution in [0, 0.1) is 17.2 Å². The predicted octanol–water partition coefficient (Wildman–Crippen LogP) is 2.50. The van der Waals surface area contributed by atoms with Crippen molar-refractivity contribution in [2.45, 2.75) is 18.9 Å². The molecule has 2 amide bonds. The third-order valence-corrected chi connectivity index (χ3v) is 6.14. The largest absolute Gasteiger partial charge is 0.493 e. The maximum Gasteiger partial charge on any atom is 0.226 e. The molecular weight excluding hydrogens is 466 g/mol. The summed E-state index contributed by atoms with van der Waals surface area (Å²) in [7, 11) is 7.58. The minimum atomic E-state index is -0.956. The summed E-state index contributed by atoms with van der Waals surface area (Å²) >= 11 is 0. The molecule has 2 atom stereocenters. The highest BCUT2D eigenvalue weighted by atomic mass is 16.5. The summed E-state index contributed by atoms with van der Waals surface area (Å²) in [6.45, 7) is 0.748. The molecule has 0 spiro atoms. The molecule has 0 bridgehead atoms. The normalized spacial score (nSPS) is 15.6. The summed E-state index contributed by atoms with van der Waals surface area (Å²) in [4.78, 5) is 27.2. The lowest BCUT2D eigenvalue weighted by Gasteiger charge is -2.19. The predicted molar refractivity (Wildman–Crippen MR) is 131 cm³/mol. The van der Waals surface area contributed by atoms with Crippen molar-refractivity contribution < 1.29 is 33.3 Å². The Labute approximate surface area is 210 Å². The zero-order valence-electron chi connectivity index (χ0n) is 21.1. The van der Waals surface area contributed by atoms with Gasteiger partial charge in [0, 0.05) is 19.5 Å². The third-order valence-electron chi connectivity index (χ3n) is 6.14. The van der Waals surface area contributed by atoms with Gasteiger partial charge in [0.25, 0.3) is 0 Å². The second kappa shape index (κ2) is 12.0. The van der Waals surface area contributed by atoms with Crippen LogP contribution < -0.4 is 29.0 Å². The van der Waals surface area contributed by atoms with Gasteiger partial charge in [0.15, 0.2) is 23.0 Å². The van der Waals surface area contributed by atoms with Gasteiger partial charge < -0.3 is 33.9 Å². The topological polar surface area (TPSA) is 119 Å². The number of methoxy groups -OCH3 is 5. The van der Waals surface area contributed by atoms with E-state index in [1.54, 1.807) is 31.3 Å². The van der Waals surface area contributed by atoms with Crippen molar-refractivity contribution in [3.05, 3.63) is 41.5 Å². The van der Waals surface area contributed by atoms with Crippen molar-refractivity contribution in [2.75, 3.05) is 48.6 Å². The molecule has 1 N–H and O–H groups in total. The van der Waals surface area contributed by atoms with E-state index in [1.165, 1.54) is 21.3 Å². The quantitative estimate of drug-likeness (QED) is 0.503. The number of rotatable bonds is 11. The van der Waals surface area contributed by atoms with E-state index >= 15 is 0 Å². The first-order valence-electron chi connectivity index (χ1n) is 11.4. The van der Waals surface area contributed by atoms with E-state index < -0.39 is 12.0 Å². The van der Waals surface area contributed by atoms with Gasteiger partial charge in [-0.1, -0.05) is 6.07 Å². The first-order valence-corrected chi connectivity index (χ1v) is 11.4. The zero-order chi connectivity index (χ0) is 26.2. The van der Waals surface area contributed by atoms with Crippen molar-refractivity contribution >= 4 is 11.8 Å². The zero-order valence-corrected chi connectivity index (χ0v) is 21.1. The summed E-state index contributed by atoms with van der Waals surface area (Å²) in [5.74, 6) is 1.37. The molecular formula is C26H31N3O7. The van der Waals surface area contributed by atoms with E-state index in [9.17, 15) is 14.9 Å². The minimum absolute atomic E-state index is 0.0885. The van der Waals surface area contributed by atoms with Crippen LogP contribution in [0.15, 0.2) is 30.3 Å². The highest BCUT2D eigenvalue weighted by Crippen LogP contribution is 2.39. The number of carbonyl (C=O) groups is 2. The van der Waals surface area contributed by atoms with E-state index in [1.807, 2.05) is 18.2 Å². The number of nitriles is 1. The van der Waals surface area contributed by atoms with E-state index in [0.29, 0.717) is 47.3 Å². The summed E-state index contributed by atoms with van der Waals surface area (Å²) in [5.41, 5.74) is 1.47. The van der Waals surface area contributed by atoms with Crippen LogP contribution >= 0.6 is 0 Å². The van der Waals surface area contributed by atoms with Crippen LogP contribution in [0.1, 0.15) is 23.6 Å². The molecule has 0 saturated carbocycles. The molecule has 0 aromatic heterocycles. The number of ether oxygens (including phenoxy) is 5. The van der Waals surface area contributed by atoms with Crippen LogP contribution in [0.5, 0.6) is 28.7 Å². The second-order valence-corrected chi connectivity index (χ2v) is 8.21. The number of carbonyl (C=O) groups excluding carboxylic acids is 2. The van der Waals surface area contributed by atoms with Crippen molar-refractivity contribution in [3.8, 4) is 34.8 Å². The standard InChI is InChI=1S/C26H31N3O7/c1-32-20-7-6-16(10-21(20)33-2)8-9-29-15-18(13-24(29)30)26(31)28-19(14-27)17-11-22(34-3)25(36-5)23(12-17)35-4/h6-7,10-12,18-19H,8-9,13,15H2,1-5H3,(H,28,31). The van der Waals surface area contributed by atoms with Crippen LogP contribution in [0.25, 0.3) is 0 Å². The molecule has 1 fully saturated rings. The number of hydrogen-bond acceptors (Lipinski definition) is 8. The maximum absolute atomic E-state index is 13.0. The van der Waals surface area contributed by atoms with Gasteiger partial charge in [-0.3, -0.25) is 9.59 Å². The molecule has 1 aliphatic rings. The lowest BCUT2D eigenvalue weighted by atomic mass is 10.0. The van der Waals surface area contributed by atoms with E-state index in [-0.39, 0.29) is 24.8 Å². The summed E-state index contributed by atoms with van der Waals surface area (Å²) in [6, 6.07) is 9.98. The molecule has 10 heteroatoms. The molecule has 0 radical (unpaired) electrons. The second-order valence-electron chi connectivity index (χ2n) is 8.21. The fourth-order valence-electron chi connectivity index (χ4n) is 4.18. The van der Waals surface area contributed by atoms with Crippen molar-refractivity contribution in [3.63, 3.8) is 0 Å². The van der Waals surface area contributed by atoms with Crippen molar-refractivity contribution in [2.24, 2.45) is 5.92 Å². The Kier molecular flexibility index (Phi) is 8.84. The Morgan fingerprint density at radius 2 is 1.64 bits per heavy atom. The lowest BCUT2D eigenvalue weighted by Crippen LogP contribution is -2.35. The first kappa shape index (κ1) is 26.5. The highest BCUT2D eigenvalue weighted by molar-refractivity contribution is 5.89. The molecule has 0 aliphatic carbocycles. The SMILES string of the molecule is COc1ccc(CCN2CC(C(=O)NC(C#N)c3cc(OC)c(OC)c(OC)c3)CC2=O)cc1OC. The smallest absolute Gasteiger partial charge is 0.226 e. The summed E-state index contributed by atoms with van der Waals surface area (Å²) in [5, 5.41) is 12.5. The number of amides is 2. The van der Waals surface area contributed by atoms with Gasteiger partial charge in [0.05, 0.1) is 47.5 Å². The van der Waals surface area contributed by atoms with E-state index in [2.05, 4.69) is 11.4 Å². The molecule has 2 aromatic rings. The van der Waals surface area contributed by atoms with Gasteiger partial charge in [0.1, 0.15) is 6.04 Å². The number of likely N-dealkylation sites (tertiary alicyclic amines) is 1. The van der Waals surface area contributed by atoms with Crippen LogP contribution in [0.3, 0.4) is 0 Å².